The summed E-state index contributed by atoms with van der Waals surface area (Å²) in [5.41, 5.74) is 1.21. The molecule has 4 nitrogen and oxygen atoms in total. The maximum absolute atomic E-state index is 11.4. The highest BCUT2D eigenvalue weighted by molar-refractivity contribution is 5.73. The fourth-order valence-electron chi connectivity index (χ4n) is 2.24. The Kier molecular flexibility index (Phi) is 3.27. The second-order valence-electron chi connectivity index (χ2n) is 4.54. The molecule has 2 atom stereocenters. The van der Waals surface area contributed by atoms with Crippen LogP contribution >= 0.6 is 0 Å². The van der Waals surface area contributed by atoms with Crippen molar-refractivity contribution in [2.75, 3.05) is 6.61 Å². The number of cyclic esters (lactones) is 1. The molecule has 2 unspecified atom stereocenters. The van der Waals surface area contributed by atoms with Gasteiger partial charge in [-0.15, -0.1) is 0 Å². The topological polar surface area (TPSA) is 44.1 Å². The lowest BCUT2D eigenvalue weighted by Crippen LogP contribution is -2.31. The fourth-order valence-corrected chi connectivity index (χ4v) is 2.24. The molecule has 0 spiro atoms. The van der Waals surface area contributed by atoms with Gasteiger partial charge < -0.3 is 9.30 Å². The first-order chi connectivity index (χ1) is 7.70. The van der Waals surface area contributed by atoms with Crippen molar-refractivity contribution in [3.63, 3.8) is 0 Å². The van der Waals surface area contributed by atoms with E-state index >= 15 is 0 Å². The Hall–Kier alpha value is -1.32. The van der Waals surface area contributed by atoms with E-state index in [9.17, 15) is 4.79 Å². The molecule has 0 saturated carbocycles. The van der Waals surface area contributed by atoms with Crippen molar-refractivity contribution in [2.24, 2.45) is 18.9 Å². The van der Waals surface area contributed by atoms with Crippen molar-refractivity contribution in [1.82, 2.24) is 9.55 Å². The normalized spacial score (nSPS) is 25.5. The molecule has 0 amide bonds. The van der Waals surface area contributed by atoms with Crippen LogP contribution in [-0.2, 0) is 23.0 Å². The molecule has 0 aliphatic carbocycles. The highest BCUT2D eigenvalue weighted by Crippen LogP contribution is 2.25. The molecule has 1 aromatic rings. The van der Waals surface area contributed by atoms with Gasteiger partial charge in [0.05, 0.1) is 18.9 Å². The number of rotatable bonds is 3. The van der Waals surface area contributed by atoms with Crippen LogP contribution in [0.1, 0.15) is 25.5 Å². The Bertz CT molecular complexity index is 373. The van der Waals surface area contributed by atoms with Gasteiger partial charge in [-0.05, 0) is 25.2 Å². The van der Waals surface area contributed by atoms with E-state index in [0.717, 1.165) is 19.3 Å². The zero-order chi connectivity index (χ0) is 11.5. The van der Waals surface area contributed by atoms with Gasteiger partial charge in [-0.1, -0.05) is 6.92 Å². The van der Waals surface area contributed by atoms with E-state index in [1.165, 1.54) is 5.69 Å². The molecular formula is C12H18N2O2. The first-order valence-corrected chi connectivity index (χ1v) is 5.82. The summed E-state index contributed by atoms with van der Waals surface area (Å²) < 4.78 is 7.24. The number of carbonyl (C=O) groups excluding carboxylic acids is 1. The molecule has 1 fully saturated rings. The highest BCUT2D eigenvalue weighted by atomic mass is 16.5. The number of imidazole rings is 1. The van der Waals surface area contributed by atoms with Gasteiger partial charge in [0.2, 0.25) is 0 Å². The number of carbonyl (C=O) groups is 1. The number of nitrogens with zero attached hydrogens (tertiary/aromatic N) is 2. The first kappa shape index (κ1) is 11.2. The molecule has 1 aliphatic heterocycles. The molecule has 0 bridgehead atoms. The lowest BCUT2D eigenvalue weighted by atomic mass is 9.88. The van der Waals surface area contributed by atoms with Crippen molar-refractivity contribution in [1.29, 1.82) is 0 Å². The standard InChI is InChI=1S/C12H18N2O2/c1-3-10-4-9(7-16-12(10)15)5-11-6-13-8-14(11)2/h6,8-10H,3-5,7H2,1-2H3. The SMILES string of the molecule is CCC1CC(Cc2cncn2C)COC1=O. The first-order valence-electron chi connectivity index (χ1n) is 5.82. The third-order valence-corrected chi connectivity index (χ3v) is 3.32. The van der Waals surface area contributed by atoms with Crippen molar-refractivity contribution in [3.05, 3.63) is 18.2 Å². The molecule has 1 aliphatic rings. The van der Waals surface area contributed by atoms with Gasteiger partial charge in [-0.2, -0.15) is 0 Å². The quantitative estimate of drug-likeness (QED) is 0.729. The Morgan fingerprint density at radius 1 is 1.62 bits per heavy atom. The maximum atomic E-state index is 11.4. The van der Waals surface area contributed by atoms with Gasteiger partial charge in [-0.3, -0.25) is 4.79 Å². The summed E-state index contributed by atoms with van der Waals surface area (Å²) in [6.45, 7) is 2.60. The average molecular weight is 222 g/mol. The number of aromatic nitrogens is 2. The summed E-state index contributed by atoms with van der Waals surface area (Å²) >= 11 is 0. The predicted octanol–water partition coefficient (Wildman–Crippen LogP) is 1.55. The molecule has 0 radical (unpaired) electrons. The van der Waals surface area contributed by atoms with Crippen LogP contribution < -0.4 is 0 Å². The Morgan fingerprint density at radius 2 is 2.44 bits per heavy atom. The average Bonchev–Trinajstić information content (AvgIpc) is 2.67. The minimum absolute atomic E-state index is 0.0243. The van der Waals surface area contributed by atoms with E-state index < -0.39 is 0 Å². The zero-order valence-electron chi connectivity index (χ0n) is 9.85. The van der Waals surface area contributed by atoms with Crippen LogP contribution in [0.3, 0.4) is 0 Å². The Morgan fingerprint density at radius 3 is 3.06 bits per heavy atom. The molecule has 2 rings (SSSR count). The van der Waals surface area contributed by atoms with E-state index in [-0.39, 0.29) is 11.9 Å². The minimum atomic E-state index is -0.0243. The lowest BCUT2D eigenvalue weighted by Gasteiger charge is -2.27. The van der Waals surface area contributed by atoms with E-state index in [1.54, 1.807) is 0 Å². The fraction of sp³-hybridized carbons (Fsp3) is 0.667. The van der Waals surface area contributed by atoms with E-state index in [0.29, 0.717) is 12.5 Å². The minimum Gasteiger partial charge on any atom is -0.465 e. The Labute approximate surface area is 95.6 Å². The predicted molar refractivity (Wildman–Crippen MR) is 59.8 cm³/mol. The van der Waals surface area contributed by atoms with Crippen molar-refractivity contribution in [3.8, 4) is 0 Å². The van der Waals surface area contributed by atoms with Gasteiger partial charge >= 0.3 is 5.97 Å². The summed E-state index contributed by atoms with van der Waals surface area (Å²) in [4.78, 5) is 15.5. The summed E-state index contributed by atoms with van der Waals surface area (Å²) in [6, 6.07) is 0. The van der Waals surface area contributed by atoms with Crippen molar-refractivity contribution < 1.29 is 9.53 Å². The van der Waals surface area contributed by atoms with Crippen molar-refractivity contribution in [2.45, 2.75) is 26.2 Å². The van der Waals surface area contributed by atoms with Gasteiger partial charge in [0.15, 0.2) is 0 Å². The third-order valence-electron chi connectivity index (χ3n) is 3.32. The monoisotopic (exact) mass is 222 g/mol. The van der Waals surface area contributed by atoms with Gasteiger partial charge in [-0.25, -0.2) is 4.98 Å². The second-order valence-corrected chi connectivity index (χ2v) is 4.54. The number of esters is 1. The van der Waals surface area contributed by atoms with Crippen LogP contribution in [0.4, 0.5) is 0 Å². The van der Waals surface area contributed by atoms with Gasteiger partial charge in [0.25, 0.3) is 0 Å². The number of hydrogen-bond acceptors (Lipinski definition) is 3. The summed E-state index contributed by atoms with van der Waals surface area (Å²) in [5, 5.41) is 0. The zero-order valence-corrected chi connectivity index (χ0v) is 9.85. The molecule has 0 aromatic carbocycles. The summed E-state index contributed by atoms with van der Waals surface area (Å²) in [6.07, 6.45) is 6.46. The molecule has 2 heterocycles. The maximum Gasteiger partial charge on any atom is 0.308 e. The molecule has 16 heavy (non-hydrogen) atoms. The third kappa shape index (κ3) is 2.26. The second kappa shape index (κ2) is 4.68. The lowest BCUT2D eigenvalue weighted by molar-refractivity contribution is -0.156. The summed E-state index contributed by atoms with van der Waals surface area (Å²) in [5.74, 6) is 0.508. The number of aryl methyl sites for hydroxylation is 1. The highest BCUT2D eigenvalue weighted by Gasteiger charge is 2.29. The van der Waals surface area contributed by atoms with Crippen LogP contribution in [0.5, 0.6) is 0 Å². The molecule has 0 N–H and O–H groups in total. The number of hydrogen-bond donors (Lipinski definition) is 0. The van der Waals surface area contributed by atoms with Crippen molar-refractivity contribution >= 4 is 5.97 Å². The molecular weight excluding hydrogens is 204 g/mol. The van der Waals surface area contributed by atoms with Crippen LogP contribution in [0, 0.1) is 11.8 Å². The molecule has 1 saturated heterocycles. The van der Waals surface area contributed by atoms with E-state index in [2.05, 4.69) is 4.98 Å². The largest absolute Gasteiger partial charge is 0.465 e. The van der Waals surface area contributed by atoms with Crippen LogP contribution in [-0.4, -0.2) is 22.1 Å². The van der Waals surface area contributed by atoms with Crippen LogP contribution in [0.25, 0.3) is 0 Å². The van der Waals surface area contributed by atoms with Crippen LogP contribution in [0.15, 0.2) is 12.5 Å². The van der Waals surface area contributed by atoms with Gasteiger partial charge in [0.1, 0.15) is 0 Å². The Balaban J connectivity index is 1.97. The molecule has 4 heteroatoms. The molecule has 1 aromatic heterocycles. The van der Waals surface area contributed by atoms with Gasteiger partial charge in [0, 0.05) is 18.9 Å². The molecule has 88 valence electrons. The smallest absolute Gasteiger partial charge is 0.308 e. The van der Waals surface area contributed by atoms with Crippen LogP contribution in [0.2, 0.25) is 0 Å². The summed E-state index contributed by atoms with van der Waals surface area (Å²) in [7, 11) is 1.99. The van der Waals surface area contributed by atoms with E-state index in [4.69, 9.17) is 4.74 Å². The van der Waals surface area contributed by atoms with E-state index in [1.807, 2.05) is 31.1 Å². The number of ether oxygens (including phenoxy) is 1.